The normalized spacial score (nSPS) is 13.0. The van der Waals surface area contributed by atoms with Gasteiger partial charge in [0.25, 0.3) is 5.91 Å². The topological polar surface area (TPSA) is 85.6 Å². The smallest absolute Gasteiger partial charge is 0.257 e. The summed E-state index contributed by atoms with van der Waals surface area (Å²) < 4.78 is 16.5. The number of benzene rings is 3. The molecule has 34 heavy (non-hydrogen) atoms. The second-order valence-corrected chi connectivity index (χ2v) is 8.52. The van der Waals surface area contributed by atoms with Crippen LogP contribution < -0.4 is 20.1 Å². The highest BCUT2D eigenvalue weighted by Crippen LogP contribution is 2.32. The van der Waals surface area contributed by atoms with Gasteiger partial charge in [0.2, 0.25) is 12.7 Å². The minimum Gasteiger partial charge on any atom is -0.454 e. The van der Waals surface area contributed by atoms with Crippen LogP contribution in [-0.2, 0) is 0 Å². The van der Waals surface area contributed by atoms with Crippen LogP contribution in [0.1, 0.15) is 42.1 Å². The molecule has 0 unspecified atom stereocenters. The van der Waals surface area contributed by atoms with Crippen molar-refractivity contribution in [2.75, 3.05) is 12.1 Å². The third-order valence-corrected chi connectivity index (χ3v) is 6.05. The van der Waals surface area contributed by atoms with Crippen LogP contribution in [0.4, 0.5) is 5.69 Å². The van der Waals surface area contributed by atoms with E-state index in [1.54, 1.807) is 18.2 Å². The Labute approximate surface area is 202 Å². The Morgan fingerprint density at radius 3 is 2.65 bits per heavy atom. The van der Waals surface area contributed by atoms with Crippen molar-refractivity contribution in [1.29, 1.82) is 0 Å². The molecule has 172 valence electrons. The van der Waals surface area contributed by atoms with Gasteiger partial charge in [-0.1, -0.05) is 19.9 Å². The van der Waals surface area contributed by atoms with Crippen LogP contribution in [0.15, 0.2) is 65.1 Å². The molecule has 1 amide bonds. The quantitative estimate of drug-likeness (QED) is 0.351. The molecule has 8 heteroatoms. The lowest BCUT2D eigenvalue weighted by molar-refractivity contribution is 0.0977. The van der Waals surface area contributed by atoms with E-state index in [1.807, 2.05) is 30.3 Å². The van der Waals surface area contributed by atoms with Gasteiger partial charge in [0.1, 0.15) is 5.52 Å². The summed E-state index contributed by atoms with van der Waals surface area (Å²) in [5, 5.41) is 5.88. The van der Waals surface area contributed by atoms with Crippen molar-refractivity contribution in [1.82, 2.24) is 10.3 Å². The number of rotatable bonds is 5. The van der Waals surface area contributed by atoms with Crippen molar-refractivity contribution in [3.8, 4) is 23.0 Å². The zero-order valence-corrected chi connectivity index (χ0v) is 19.6. The van der Waals surface area contributed by atoms with Gasteiger partial charge >= 0.3 is 0 Å². The Morgan fingerprint density at radius 1 is 1.06 bits per heavy atom. The number of amides is 1. The number of fused-ring (bicyclic) bond motifs is 2. The second kappa shape index (κ2) is 9.15. The van der Waals surface area contributed by atoms with Crippen molar-refractivity contribution < 1.29 is 18.7 Å². The fraction of sp³-hybridized carbons (Fsp3) is 0.192. The van der Waals surface area contributed by atoms with E-state index in [-0.39, 0.29) is 17.8 Å². The number of ether oxygens (including phenoxy) is 2. The van der Waals surface area contributed by atoms with Crippen molar-refractivity contribution in [2.24, 2.45) is 0 Å². The first-order valence-corrected chi connectivity index (χ1v) is 11.4. The van der Waals surface area contributed by atoms with Gasteiger partial charge in [-0.15, -0.1) is 0 Å². The molecule has 0 radical (unpaired) electrons. The zero-order chi connectivity index (χ0) is 23.7. The monoisotopic (exact) mass is 473 g/mol. The molecule has 7 nitrogen and oxygen atoms in total. The highest BCUT2D eigenvalue weighted by molar-refractivity contribution is 7.80. The van der Waals surface area contributed by atoms with E-state index in [9.17, 15) is 4.79 Å². The summed E-state index contributed by atoms with van der Waals surface area (Å²) in [4.78, 5) is 17.2. The lowest BCUT2D eigenvalue weighted by Crippen LogP contribution is -2.34. The third-order valence-electron chi connectivity index (χ3n) is 5.84. The third kappa shape index (κ3) is 4.45. The minimum atomic E-state index is -0.337. The van der Waals surface area contributed by atoms with Crippen molar-refractivity contribution >= 4 is 40.0 Å². The van der Waals surface area contributed by atoms with E-state index in [4.69, 9.17) is 26.1 Å². The average Bonchev–Trinajstić information content (AvgIpc) is 3.49. The van der Waals surface area contributed by atoms with Gasteiger partial charge in [0.15, 0.2) is 22.2 Å². The van der Waals surface area contributed by atoms with Gasteiger partial charge in [-0.2, -0.15) is 0 Å². The van der Waals surface area contributed by atoms with E-state index in [2.05, 4.69) is 41.6 Å². The number of hydrogen-bond donors (Lipinski definition) is 2. The number of carbonyl (C=O) groups excluding carboxylic acids is 1. The van der Waals surface area contributed by atoms with Gasteiger partial charge in [-0.25, -0.2) is 4.98 Å². The fourth-order valence-electron chi connectivity index (χ4n) is 3.68. The maximum atomic E-state index is 12.5. The van der Waals surface area contributed by atoms with Gasteiger partial charge < -0.3 is 19.2 Å². The molecule has 5 rings (SSSR count). The fourth-order valence-corrected chi connectivity index (χ4v) is 3.89. The number of aromatic nitrogens is 1. The van der Waals surface area contributed by atoms with E-state index in [0.29, 0.717) is 28.9 Å². The Morgan fingerprint density at radius 2 is 1.85 bits per heavy atom. The first-order chi connectivity index (χ1) is 16.5. The molecule has 1 aromatic heterocycles. The van der Waals surface area contributed by atoms with Gasteiger partial charge in [-0.3, -0.25) is 10.1 Å². The Balaban J connectivity index is 1.24. The second-order valence-electron chi connectivity index (χ2n) is 8.11. The summed E-state index contributed by atoms with van der Waals surface area (Å²) in [7, 11) is 0. The molecule has 0 bridgehead atoms. The summed E-state index contributed by atoms with van der Waals surface area (Å²) in [6, 6.07) is 18.6. The Bertz CT molecular complexity index is 1380. The molecule has 0 aliphatic carbocycles. The number of carbonyl (C=O) groups is 1. The summed E-state index contributed by atoms with van der Waals surface area (Å²) >= 11 is 5.29. The van der Waals surface area contributed by atoms with Crippen molar-refractivity contribution in [2.45, 2.75) is 26.2 Å². The van der Waals surface area contributed by atoms with Gasteiger partial charge in [-0.05, 0) is 84.7 Å². The van der Waals surface area contributed by atoms with Crippen LogP contribution in [0.25, 0.3) is 22.6 Å². The van der Waals surface area contributed by atoms with E-state index in [0.717, 1.165) is 28.8 Å². The van der Waals surface area contributed by atoms with Crippen LogP contribution in [0.2, 0.25) is 0 Å². The molecule has 0 spiro atoms. The molecule has 2 heterocycles. The molecule has 0 saturated heterocycles. The van der Waals surface area contributed by atoms with Crippen molar-refractivity contribution in [3.05, 3.63) is 71.8 Å². The molecule has 0 saturated carbocycles. The van der Waals surface area contributed by atoms with Crippen LogP contribution in [-0.4, -0.2) is 22.8 Å². The molecule has 1 aliphatic heterocycles. The van der Waals surface area contributed by atoms with Gasteiger partial charge in [0.05, 0.1) is 0 Å². The van der Waals surface area contributed by atoms with Crippen molar-refractivity contribution in [3.63, 3.8) is 0 Å². The van der Waals surface area contributed by atoms with Crippen LogP contribution in [0.5, 0.6) is 11.5 Å². The summed E-state index contributed by atoms with van der Waals surface area (Å²) in [6.45, 7) is 4.53. The maximum absolute atomic E-state index is 12.5. The zero-order valence-electron chi connectivity index (χ0n) is 18.8. The number of nitrogens with zero attached hydrogens (tertiary/aromatic N) is 1. The summed E-state index contributed by atoms with van der Waals surface area (Å²) in [5.41, 5.74) is 4.87. The lowest BCUT2D eigenvalue weighted by atomic mass is 9.98. The molecule has 1 atom stereocenters. The molecular formula is C26H23N3O4S. The molecule has 3 aromatic carbocycles. The van der Waals surface area contributed by atoms with Crippen LogP contribution >= 0.6 is 12.2 Å². The first-order valence-electron chi connectivity index (χ1n) is 11.0. The summed E-state index contributed by atoms with van der Waals surface area (Å²) in [5.74, 6) is 1.85. The average molecular weight is 474 g/mol. The highest BCUT2D eigenvalue weighted by Gasteiger charge is 2.17. The molecule has 0 fully saturated rings. The van der Waals surface area contributed by atoms with Crippen LogP contribution in [0, 0.1) is 0 Å². The number of nitrogens with one attached hydrogen (secondary N) is 2. The minimum absolute atomic E-state index is 0.152. The molecule has 1 aliphatic rings. The van der Waals surface area contributed by atoms with E-state index < -0.39 is 0 Å². The molecule has 2 N–H and O–H groups in total. The molecule has 4 aromatic rings. The number of hydrogen-bond acceptors (Lipinski definition) is 6. The van der Waals surface area contributed by atoms with E-state index in [1.165, 1.54) is 5.56 Å². The predicted octanol–water partition coefficient (Wildman–Crippen LogP) is 5.86. The van der Waals surface area contributed by atoms with Gasteiger partial charge in [0, 0.05) is 16.8 Å². The van der Waals surface area contributed by atoms with Crippen LogP contribution in [0.3, 0.4) is 0 Å². The number of anilines is 1. The predicted molar refractivity (Wildman–Crippen MR) is 134 cm³/mol. The standard InChI is InChI=1S/C26H23N3O4S/c1-3-15(2)17-6-10-21-20(12-17)28-25(33-21)16-4-8-19(9-5-16)27-26(34)29-24(30)18-7-11-22-23(13-18)32-14-31-22/h4-13,15H,3,14H2,1-2H3,(H2,27,29,30,34)/t15-/m0/s1. The maximum Gasteiger partial charge on any atom is 0.257 e. The lowest BCUT2D eigenvalue weighted by Gasteiger charge is -2.10. The Kier molecular flexibility index (Phi) is 5.90. The first kappa shape index (κ1) is 21.9. The highest BCUT2D eigenvalue weighted by atomic mass is 32.1. The number of thiocarbonyl (C=S) groups is 1. The number of oxazole rings is 1. The molecular weight excluding hydrogens is 450 g/mol. The SMILES string of the molecule is CC[C@H](C)c1ccc2oc(-c3ccc(NC(=S)NC(=O)c4ccc5c(c4)OCO5)cc3)nc2c1. The summed E-state index contributed by atoms with van der Waals surface area (Å²) in [6.07, 6.45) is 1.07. The largest absolute Gasteiger partial charge is 0.454 e. The van der Waals surface area contributed by atoms with E-state index >= 15 is 0 Å². The Hall–Kier alpha value is -3.91.